The standard InChI is InChI=1S/C27H24F3NO8/c1-11-19(32)18(31-24(37)27(28,29)30)10-13(38-11)8-12-6-7-16-17(9-12)23(36)26-21(34)15-5-3-2-4-14(15)20(33)25(26,39-26)22(16)35/h2-6,11,13,16-19,32H,7-10H2,1H3,(H,31,37)/t11-,13+,16?,17?,18+,19+,25?,26?/m1/s1. The van der Waals surface area contributed by atoms with Crippen LogP contribution in [0.5, 0.6) is 0 Å². The molecule has 0 radical (unpaired) electrons. The van der Waals surface area contributed by atoms with Crippen LogP contribution in [0.4, 0.5) is 13.2 Å². The first kappa shape index (κ1) is 26.0. The monoisotopic (exact) mass is 547 g/mol. The minimum atomic E-state index is -5.11. The van der Waals surface area contributed by atoms with Gasteiger partial charge in [0.2, 0.25) is 22.8 Å². The normalized spacial score (nSPS) is 39.2. The molecule has 1 aromatic rings. The topological polar surface area (TPSA) is 139 Å². The van der Waals surface area contributed by atoms with Gasteiger partial charge in [-0.15, -0.1) is 0 Å². The fraction of sp³-hybridized carbons (Fsp3) is 0.519. The summed E-state index contributed by atoms with van der Waals surface area (Å²) in [5.74, 6) is -6.52. The molecule has 9 nitrogen and oxygen atoms in total. The lowest BCUT2D eigenvalue weighted by Crippen LogP contribution is -2.62. The van der Waals surface area contributed by atoms with E-state index in [1.807, 2.05) is 5.32 Å². The molecule has 12 heteroatoms. The summed E-state index contributed by atoms with van der Waals surface area (Å²) in [5, 5.41) is 12.1. The van der Waals surface area contributed by atoms with E-state index in [-0.39, 0.29) is 36.8 Å². The predicted octanol–water partition coefficient (Wildman–Crippen LogP) is 1.65. The number of nitrogens with one attached hydrogen (secondary N) is 1. The number of aliphatic hydroxyl groups is 1. The van der Waals surface area contributed by atoms with Crippen LogP contribution in [0.1, 0.15) is 53.3 Å². The number of rotatable bonds is 3. The number of Topliss-reactive ketones (excluding diaryl/α,β-unsaturated/α-hetero) is 4. The van der Waals surface area contributed by atoms with Gasteiger partial charge in [-0.05, 0) is 32.6 Å². The van der Waals surface area contributed by atoms with Crippen molar-refractivity contribution in [2.24, 2.45) is 11.8 Å². The fourth-order valence-electron chi connectivity index (χ4n) is 6.77. The number of carbonyl (C=O) groups is 5. The maximum absolute atomic E-state index is 13.8. The van der Waals surface area contributed by atoms with E-state index in [0.29, 0.717) is 5.57 Å². The third-order valence-corrected chi connectivity index (χ3v) is 8.69. The predicted molar refractivity (Wildman–Crippen MR) is 124 cm³/mol. The molecule has 5 aliphatic rings. The first-order valence-corrected chi connectivity index (χ1v) is 12.7. The van der Waals surface area contributed by atoms with E-state index < -0.39 is 82.6 Å². The highest BCUT2D eigenvalue weighted by molar-refractivity contribution is 6.43. The molecule has 0 aromatic heterocycles. The number of hydrogen-bond acceptors (Lipinski definition) is 8. The Morgan fingerprint density at radius 1 is 1.05 bits per heavy atom. The van der Waals surface area contributed by atoms with Crippen LogP contribution in [0.25, 0.3) is 0 Å². The highest BCUT2D eigenvalue weighted by atomic mass is 19.4. The Hall–Kier alpha value is -3.22. The lowest BCUT2D eigenvalue weighted by atomic mass is 9.57. The van der Waals surface area contributed by atoms with Crippen molar-refractivity contribution in [2.75, 3.05) is 0 Å². The molecule has 0 spiro atoms. The molecule has 3 aliphatic carbocycles. The van der Waals surface area contributed by atoms with Crippen LogP contribution in [0, 0.1) is 11.8 Å². The second-order valence-corrected chi connectivity index (χ2v) is 10.9. The van der Waals surface area contributed by atoms with E-state index in [9.17, 15) is 42.3 Å². The van der Waals surface area contributed by atoms with Crippen LogP contribution in [0.3, 0.4) is 0 Å². The van der Waals surface area contributed by atoms with E-state index in [1.54, 1.807) is 18.2 Å². The molecule has 1 aromatic carbocycles. The van der Waals surface area contributed by atoms with Crippen LogP contribution in [-0.4, -0.2) is 75.9 Å². The van der Waals surface area contributed by atoms with Crippen molar-refractivity contribution in [1.82, 2.24) is 5.32 Å². The third-order valence-electron chi connectivity index (χ3n) is 8.69. The molecule has 206 valence electrons. The zero-order chi connectivity index (χ0) is 28.1. The summed E-state index contributed by atoms with van der Waals surface area (Å²) < 4.78 is 49.7. The second-order valence-electron chi connectivity index (χ2n) is 10.9. The molecule has 1 amide bonds. The van der Waals surface area contributed by atoms with Crippen molar-refractivity contribution in [3.05, 3.63) is 47.0 Å². The highest BCUT2D eigenvalue weighted by Crippen LogP contribution is 2.63. The maximum Gasteiger partial charge on any atom is 0.471 e. The number of ketones is 4. The average Bonchev–Trinajstić information content (AvgIpc) is 3.62. The van der Waals surface area contributed by atoms with Gasteiger partial charge in [-0.3, -0.25) is 24.0 Å². The maximum atomic E-state index is 13.8. The summed E-state index contributed by atoms with van der Waals surface area (Å²) in [6, 6.07) is 4.78. The van der Waals surface area contributed by atoms with Crippen LogP contribution in [0.2, 0.25) is 0 Å². The van der Waals surface area contributed by atoms with Crippen LogP contribution in [-0.2, 0) is 23.9 Å². The van der Waals surface area contributed by atoms with Gasteiger partial charge in [0, 0.05) is 23.0 Å². The van der Waals surface area contributed by atoms with Gasteiger partial charge in [0.1, 0.15) is 6.10 Å². The number of aliphatic hydroxyl groups excluding tert-OH is 1. The van der Waals surface area contributed by atoms with Crippen LogP contribution >= 0.6 is 0 Å². The number of amides is 1. The Morgan fingerprint density at radius 3 is 2.23 bits per heavy atom. The molecule has 1 saturated carbocycles. The molecule has 2 N–H and O–H groups in total. The van der Waals surface area contributed by atoms with Gasteiger partial charge >= 0.3 is 12.1 Å². The molecule has 3 fully saturated rings. The number of fused-ring (bicyclic) bond motifs is 2. The first-order valence-electron chi connectivity index (χ1n) is 12.7. The Bertz CT molecular complexity index is 1370. The van der Waals surface area contributed by atoms with Gasteiger partial charge in [0.25, 0.3) is 0 Å². The number of epoxide rings is 1. The summed E-state index contributed by atoms with van der Waals surface area (Å²) in [4.78, 5) is 65.6. The molecule has 6 rings (SSSR count). The van der Waals surface area contributed by atoms with Gasteiger partial charge in [-0.25, -0.2) is 0 Å². The molecule has 2 saturated heterocycles. The van der Waals surface area contributed by atoms with E-state index in [2.05, 4.69) is 0 Å². The zero-order valence-corrected chi connectivity index (χ0v) is 20.6. The van der Waals surface area contributed by atoms with E-state index in [4.69, 9.17) is 9.47 Å². The fourth-order valence-corrected chi connectivity index (χ4v) is 6.77. The lowest BCUT2D eigenvalue weighted by molar-refractivity contribution is -0.179. The number of hydrogen-bond donors (Lipinski definition) is 2. The first-order chi connectivity index (χ1) is 18.3. The molecular formula is C27H24F3NO8. The van der Waals surface area contributed by atoms with Gasteiger partial charge < -0.3 is 19.9 Å². The minimum Gasteiger partial charge on any atom is -0.388 e. The van der Waals surface area contributed by atoms with Gasteiger partial charge in [0.15, 0.2) is 11.6 Å². The van der Waals surface area contributed by atoms with Gasteiger partial charge in [-0.1, -0.05) is 35.9 Å². The van der Waals surface area contributed by atoms with Crippen LogP contribution in [0.15, 0.2) is 35.9 Å². The molecule has 39 heavy (non-hydrogen) atoms. The highest BCUT2D eigenvalue weighted by Gasteiger charge is 2.91. The largest absolute Gasteiger partial charge is 0.471 e. The zero-order valence-electron chi connectivity index (χ0n) is 20.6. The summed E-state index contributed by atoms with van der Waals surface area (Å²) >= 11 is 0. The number of benzene rings is 1. The molecular weight excluding hydrogens is 523 g/mol. The smallest absolute Gasteiger partial charge is 0.388 e. The van der Waals surface area contributed by atoms with Gasteiger partial charge in [0.05, 0.1) is 18.2 Å². The quantitative estimate of drug-likeness (QED) is 0.331. The Balaban J connectivity index is 1.22. The number of allylic oxidation sites excluding steroid dienone is 1. The Morgan fingerprint density at radius 2 is 1.64 bits per heavy atom. The SMILES string of the molecule is C[C@H]1O[C@@H](CC2=CCC3C(=O)C45OC4(C(=O)c4ccccc4C5=O)C(=O)C3C2)C[C@H](NC(=O)C(F)(F)F)[C@H]1O. The molecule has 8 atom stereocenters. The second kappa shape index (κ2) is 8.39. The Labute approximate surface area is 219 Å². The lowest BCUT2D eigenvalue weighted by Gasteiger charge is -2.41. The van der Waals surface area contributed by atoms with Crippen molar-refractivity contribution in [3.8, 4) is 0 Å². The summed E-state index contributed by atoms with van der Waals surface area (Å²) in [7, 11) is 0. The van der Waals surface area contributed by atoms with Gasteiger partial charge in [-0.2, -0.15) is 13.2 Å². The van der Waals surface area contributed by atoms with Crippen molar-refractivity contribution >= 4 is 29.0 Å². The number of halogens is 3. The minimum absolute atomic E-state index is 0.0388. The van der Waals surface area contributed by atoms with E-state index in [1.165, 1.54) is 19.1 Å². The van der Waals surface area contributed by atoms with Crippen molar-refractivity contribution < 1.29 is 51.7 Å². The average molecular weight is 547 g/mol. The summed E-state index contributed by atoms with van der Waals surface area (Å²) in [6.45, 7) is 1.48. The van der Waals surface area contributed by atoms with Crippen LogP contribution < -0.4 is 5.32 Å². The van der Waals surface area contributed by atoms with E-state index in [0.717, 1.165) is 0 Å². The van der Waals surface area contributed by atoms with E-state index >= 15 is 0 Å². The molecule has 2 heterocycles. The molecule has 4 unspecified atom stereocenters. The van der Waals surface area contributed by atoms with Crippen molar-refractivity contribution in [3.63, 3.8) is 0 Å². The molecule has 2 aliphatic heterocycles. The number of carbonyl (C=O) groups excluding carboxylic acids is 5. The van der Waals surface area contributed by atoms with Crippen molar-refractivity contribution in [2.45, 2.75) is 74.3 Å². The summed E-state index contributed by atoms with van der Waals surface area (Å²) in [6.07, 6.45) is -6.01. The molecule has 0 bridgehead atoms. The Kier molecular flexibility index (Phi) is 5.60. The number of alkyl halides is 3. The number of ether oxygens (including phenoxy) is 2. The third kappa shape index (κ3) is 3.47. The van der Waals surface area contributed by atoms with Crippen molar-refractivity contribution in [1.29, 1.82) is 0 Å². The summed E-state index contributed by atoms with van der Waals surface area (Å²) in [5.41, 5.74) is -3.50.